The number of amides is 1. The highest BCUT2D eigenvalue weighted by Gasteiger charge is 2.34. The van der Waals surface area contributed by atoms with Crippen LogP contribution in [0.25, 0.3) is 0 Å². The van der Waals surface area contributed by atoms with Crippen LogP contribution < -0.4 is 0 Å². The first kappa shape index (κ1) is 22.6. The Morgan fingerprint density at radius 2 is 1.96 bits per heavy atom. The summed E-state index contributed by atoms with van der Waals surface area (Å²) in [6, 6.07) is 1.52. The smallest absolute Gasteiger partial charge is 0.255 e. The molecule has 2 heterocycles. The molecular formula is C18H29N3O7. The molecule has 0 saturated carbocycles. The number of ether oxygens (including phenoxy) is 2. The summed E-state index contributed by atoms with van der Waals surface area (Å²) in [5.74, 6) is -0.367. The second-order valence-corrected chi connectivity index (χ2v) is 6.70. The number of β-amino-alcohol motifs (C(OH)–C–C–N with tert-alkyl or cyclic N) is 1. The van der Waals surface area contributed by atoms with Gasteiger partial charge in [0.15, 0.2) is 0 Å². The maximum atomic E-state index is 12.8. The van der Waals surface area contributed by atoms with Crippen molar-refractivity contribution >= 4 is 5.91 Å². The summed E-state index contributed by atoms with van der Waals surface area (Å²) in [6.07, 6.45) is -0.733. The van der Waals surface area contributed by atoms with Gasteiger partial charge in [-0.05, 0) is 25.3 Å². The molecule has 4 N–H and O–H groups in total. The number of aliphatic hydroxyl groups excluding tert-OH is 4. The van der Waals surface area contributed by atoms with E-state index in [0.29, 0.717) is 38.2 Å². The van der Waals surface area contributed by atoms with Gasteiger partial charge in [0.05, 0.1) is 24.6 Å². The van der Waals surface area contributed by atoms with E-state index in [-0.39, 0.29) is 19.1 Å². The maximum Gasteiger partial charge on any atom is 0.255 e. The molecule has 158 valence electrons. The average Bonchev–Trinajstić information content (AvgIpc) is 2.72. The minimum absolute atomic E-state index is 0.180. The number of hydrogen-bond donors (Lipinski definition) is 4. The topological polar surface area (TPSA) is 145 Å². The van der Waals surface area contributed by atoms with Crippen LogP contribution in [0.3, 0.4) is 0 Å². The molecule has 0 radical (unpaired) electrons. The van der Waals surface area contributed by atoms with Crippen LogP contribution >= 0.6 is 0 Å². The number of aliphatic hydroxyl groups is 4. The molecule has 10 heteroatoms. The van der Waals surface area contributed by atoms with Crippen molar-refractivity contribution in [3.8, 4) is 0 Å². The van der Waals surface area contributed by atoms with E-state index in [1.54, 1.807) is 0 Å². The molecule has 2 rings (SSSR count). The molecule has 0 aromatic carbocycles. The Hall–Kier alpha value is -1.69. The lowest BCUT2D eigenvalue weighted by atomic mass is 10.0. The van der Waals surface area contributed by atoms with Crippen LogP contribution in [0.5, 0.6) is 0 Å². The first-order chi connectivity index (χ1) is 13.5. The molecule has 0 unspecified atom stereocenters. The van der Waals surface area contributed by atoms with E-state index < -0.39 is 31.0 Å². The highest BCUT2D eigenvalue weighted by molar-refractivity contribution is 5.93. The predicted octanol–water partition coefficient (Wildman–Crippen LogP) is -1.42. The fourth-order valence-corrected chi connectivity index (χ4v) is 2.95. The standard InChI is InChI=1S/C18H29N3O7/c22-12-15(24)17-16(25)14(23)11-21(18(26)13-4-5-19-20-10-13)6-3-8-27-7-1-2-9-28-17/h4-5,10,14-17,22-25H,1-3,6-9,11-12H2/t14-,15-,16-,17-/m1/s1. The maximum absolute atomic E-state index is 12.8. The van der Waals surface area contributed by atoms with E-state index in [1.807, 2.05) is 0 Å². The summed E-state index contributed by atoms with van der Waals surface area (Å²) in [5.41, 5.74) is 0.307. The molecule has 1 aromatic rings. The number of nitrogens with zero attached hydrogens (tertiary/aromatic N) is 3. The summed E-state index contributed by atoms with van der Waals surface area (Å²) in [4.78, 5) is 14.2. The van der Waals surface area contributed by atoms with Crippen LogP contribution in [0.4, 0.5) is 0 Å². The van der Waals surface area contributed by atoms with Crippen molar-refractivity contribution in [3.05, 3.63) is 24.0 Å². The van der Waals surface area contributed by atoms with Crippen molar-refractivity contribution in [2.75, 3.05) is 39.5 Å². The van der Waals surface area contributed by atoms with Gasteiger partial charge >= 0.3 is 0 Å². The quantitative estimate of drug-likeness (QED) is 0.481. The molecule has 1 saturated heterocycles. The first-order valence-corrected chi connectivity index (χ1v) is 9.45. The highest BCUT2D eigenvalue weighted by Crippen LogP contribution is 2.14. The van der Waals surface area contributed by atoms with Crippen molar-refractivity contribution in [1.29, 1.82) is 0 Å². The van der Waals surface area contributed by atoms with E-state index in [4.69, 9.17) is 9.47 Å². The van der Waals surface area contributed by atoms with Crippen LogP contribution in [0.15, 0.2) is 18.5 Å². The van der Waals surface area contributed by atoms with Crippen LogP contribution in [0.2, 0.25) is 0 Å². The Bertz CT molecular complexity index is 578. The Labute approximate surface area is 163 Å². The SMILES string of the molecule is O=C(c1ccnnc1)N1CCCOCCCCO[C@H]([C@H](O)CO)[C@H](O)[C@H](O)C1. The zero-order chi connectivity index (χ0) is 20.4. The lowest BCUT2D eigenvalue weighted by Gasteiger charge is -2.33. The third kappa shape index (κ3) is 6.73. The zero-order valence-electron chi connectivity index (χ0n) is 15.8. The fraction of sp³-hybridized carbons (Fsp3) is 0.722. The van der Waals surface area contributed by atoms with Gasteiger partial charge in [0.2, 0.25) is 0 Å². The van der Waals surface area contributed by atoms with Gasteiger partial charge in [-0.2, -0.15) is 10.2 Å². The van der Waals surface area contributed by atoms with Gasteiger partial charge in [0, 0.05) is 32.9 Å². The Morgan fingerprint density at radius 3 is 2.68 bits per heavy atom. The Kier molecular flexibility index (Phi) is 9.68. The fourth-order valence-electron chi connectivity index (χ4n) is 2.95. The van der Waals surface area contributed by atoms with Crippen LogP contribution in [-0.4, -0.2) is 105 Å². The van der Waals surface area contributed by atoms with Gasteiger partial charge in [0.25, 0.3) is 5.91 Å². The summed E-state index contributed by atoms with van der Waals surface area (Å²) in [7, 11) is 0. The molecule has 1 aliphatic heterocycles. The van der Waals surface area contributed by atoms with Gasteiger partial charge in [-0.15, -0.1) is 0 Å². The Balaban J connectivity index is 2.15. The number of carbonyl (C=O) groups excluding carboxylic acids is 1. The van der Waals surface area contributed by atoms with Crippen molar-refractivity contribution in [1.82, 2.24) is 15.1 Å². The van der Waals surface area contributed by atoms with E-state index in [1.165, 1.54) is 23.4 Å². The normalized spacial score (nSPS) is 27.0. The molecule has 1 aromatic heterocycles. The van der Waals surface area contributed by atoms with Gasteiger partial charge in [-0.1, -0.05) is 0 Å². The molecule has 1 aliphatic rings. The second-order valence-electron chi connectivity index (χ2n) is 6.70. The van der Waals surface area contributed by atoms with Crippen molar-refractivity contribution in [2.45, 2.75) is 43.7 Å². The number of aromatic nitrogens is 2. The van der Waals surface area contributed by atoms with E-state index in [9.17, 15) is 25.2 Å². The van der Waals surface area contributed by atoms with Gasteiger partial charge in [0.1, 0.15) is 24.4 Å². The molecule has 0 aliphatic carbocycles. The largest absolute Gasteiger partial charge is 0.394 e. The molecule has 10 nitrogen and oxygen atoms in total. The lowest BCUT2D eigenvalue weighted by molar-refractivity contribution is -0.145. The van der Waals surface area contributed by atoms with Gasteiger partial charge < -0.3 is 34.8 Å². The third-order valence-corrected chi connectivity index (χ3v) is 4.53. The Morgan fingerprint density at radius 1 is 1.21 bits per heavy atom. The minimum Gasteiger partial charge on any atom is -0.394 e. The monoisotopic (exact) mass is 399 g/mol. The second kappa shape index (κ2) is 12.0. The van der Waals surface area contributed by atoms with Crippen LogP contribution in [-0.2, 0) is 9.47 Å². The summed E-state index contributed by atoms with van der Waals surface area (Å²) >= 11 is 0. The third-order valence-electron chi connectivity index (χ3n) is 4.53. The molecule has 28 heavy (non-hydrogen) atoms. The van der Waals surface area contributed by atoms with E-state index >= 15 is 0 Å². The highest BCUT2D eigenvalue weighted by atomic mass is 16.5. The molecular weight excluding hydrogens is 370 g/mol. The molecule has 0 bridgehead atoms. The summed E-state index contributed by atoms with van der Waals surface area (Å²) < 4.78 is 11.0. The van der Waals surface area contributed by atoms with Crippen molar-refractivity contribution < 1.29 is 34.7 Å². The van der Waals surface area contributed by atoms with Crippen molar-refractivity contribution in [3.63, 3.8) is 0 Å². The van der Waals surface area contributed by atoms with E-state index in [0.717, 1.165) is 6.42 Å². The predicted molar refractivity (Wildman–Crippen MR) is 97.5 cm³/mol. The minimum atomic E-state index is -1.48. The van der Waals surface area contributed by atoms with Gasteiger partial charge in [-0.25, -0.2) is 0 Å². The number of rotatable bonds is 3. The number of hydrogen-bond acceptors (Lipinski definition) is 9. The molecule has 1 amide bonds. The van der Waals surface area contributed by atoms with Crippen LogP contribution in [0, 0.1) is 0 Å². The van der Waals surface area contributed by atoms with Crippen molar-refractivity contribution in [2.24, 2.45) is 0 Å². The lowest BCUT2D eigenvalue weighted by Crippen LogP contribution is -2.52. The molecule has 1 fully saturated rings. The number of carbonyl (C=O) groups is 1. The summed E-state index contributed by atoms with van der Waals surface area (Å²) in [5, 5.41) is 47.5. The summed E-state index contributed by atoms with van der Waals surface area (Å²) in [6.45, 7) is 0.732. The first-order valence-electron chi connectivity index (χ1n) is 9.45. The van der Waals surface area contributed by atoms with Gasteiger partial charge in [-0.3, -0.25) is 4.79 Å². The molecule has 4 atom stereocenters. The van der Waals surface area contributed by atoms with Crippen LogP contribution in [0.1, 0.15) is 29.6 Å². The average molecular weight is 399 g/mol. The zero-order valence-corrected chi connectivity index (χ0v) is 15.8. The van der Waals surface area contributed by atoms with E-state index in [2.05, 4.69) is 10.2 Å². The molecule has 0 spiro atoms.